The Hall–Kier alpha value is -1.88. The van der Waals surface area contributed by atoms with E-state index in [1.807, 2.05) is 6.20 Å². The number of pyridine rings is 1. The van der Waals surface area contributed by atoms with Crippen LogP contribution in [0.1, 0.15) is 19.4 Å². The van der Waals surface area contributed by atoms with Crippen molar-refractivity contribution in [2.75, 3.05) is 13.1 Å². The first-order valence-corrected chi connectivity index (χ1v) is 6.84. The minimum atomic E-state index is 0.500. The second-order valence-electron chi connectivity index (χ2n) is 5.42. The quantitative estimate of drug-likeness (QED) is 0.700. The minimum Gasteiger partial charge on any atom is -0.341 e. The third-order valence-electron chi connectivity index (χ3n) is 4.27. The fourth-order valence-corrected chi connectivity index (χ4v) is 3.15. The van der Waals surface area contributed by atoms with Gasteiger partial charge in [0, 0.05) is 30.4 Å². The predicted molar refractivity (Wildman–Crippen MR) is 75.1 cm³/mol. The number of piperidine rings is 1. The van der Waals surface area contributed by atoms with Crippen LogP contribution in [-0.2, 0) is 0 Å². The molecule has 3 aromatic rings. The highest BCUT2D eigenvalue weighted by Gasteiger charge is 2.24. The van der Waals surface area contributed by atoms with Gasteiger partial charge >= 0.3 is 0 Å². The molecular weight excluding hydrogens is 238 g/mol. The van der Waals surface area contributed by atoms with Gasteiger partial charge in [0.15, 0.2) is 5.65 Å². The molecule has 1 aliphatic rings. The van der Waals surface area contributed by atoms with Crippen molar-refractivity contribution in [3.05, 3.63) is 24.8 Å². The van der Waals surface area contributed by atoms with Crippen molar-refractivity contribution in [1.29, 1.82) is 0 Å². The lowest BCUT2D eigenvalue weighted by atomic mass is 9.94. The summed E-state index contributed by atoms with van der Waals surface area (Å²) in [7, 11) is 0. The SMILES string of the molecule is CC1CCNCC1n1ccc2cnc3nc[nH]c3c21. The second-order valence-corrected chi connectivity index (χ2v) is 5.42. The van der Waals surface area contributed by atoms with Crippen molar-refractivity contribution in [3.8, 4) is 0 Å². The van der Waals surface area contributed by atoms with Crippen LogP contribution in [0.3, 0.4) is 0 Å². The lowest BCUT2D eigenvalue weighted by Crippen LogP contribution is -2.36. The van der Waals surface area contributed by atoms with E-state index in [1.54, 1.807) is 6.33 Å². The molecule has 0 aromatic carbocycles. The molecule has 3 aromatic heterocycles. The zero-order valence-electron chi connectivity index (χ0n) is 10.9. The Morgan fingerprint density at radius 3 is 3.21 bits per heavy atom. The van der Waals surface area contributed by atoms with Crippen LogP contribution in [0.15, 0.2) is 24.8 Å². The van der Waals surface area contributed by atoms with Crippen LogP contribution in [-0.4, -0.2) is 32.6 Å². The maximum absolute atomic E-state index is 4.38. The molecule has 2 unspecified atom stereocenters. The van der Waals surface area contributed by atoms with Gasteiger partial charge in [0.25, 0.3) is 0 Å². The third kappa shape index (κ3) is 1.58. The summed E-state index contributed by atoms with van der Waals surface area (Å²) in [5, 5.41) is 4.67. The number of hydrogen-bond acceptors (Lipinski definition) is 3. The van der Waals surface area contributed by atoms with E-state index in [1.165, 1.54) is 17.3 Å². The van der Waals surface area contributed by atoms with Crippen LogP contribution in [0.25, 0.3) is 22.1 Å². The van der Waals surface area contributed by atoms with Crippen molar-refractivity contribution in [2.24, 2.45) is 5.92 Å². The van der Waals surface area contributed by atoms with Crippen molar-refractivity contribution in [3.63, 3.8) is 0 Å². The molecule has 1 saturated heterocycles. The number of aromatic amines is 1. The zero-order chi connectivity index (χ0) is 12.8. The monoisotopic (exact) mass is 255 g/mol. The Morgan fingerprint density at radius 2 is 2.32 bits per heavy atom. The van der Waals surface area contributed by atoms with Gasteiger partial charge in [-0.2, -0.15) is 0 Å². The van der Waals surface area contributed by atoms with Crippen LogP contribution in [0.5, 0.6) is 0 Å². The molecule has 0 bridgehead atoms. The van der Waals surface area contributed by atoms with E-state index in [0.717, 1.165) is 24.3 Å². The van der Waals surface area contributed by atoms with E-state index in [4.69, 9.17) is 0 Å². The summed E-state index contributed by atoms with van der Waals surface area (Å²) in [6.45, 7) is 4.49. The summed E-state index contributed by atoms with van der Waals surface area (Å²) in [4.78, 5) is 11.9. The highest BCUT2D eigenvalue weighted by atomic mass is 15.1. The number of H-pyrrole nitrogens is 1. The molecule has 98 valence electrons. The van der Waals surface area contributed by atoms with Crippen molar-refractivity contribution < 1.29 is 0 Å². The van der Waals surface area contributed by atoms with Crippen LogP contribution in [0, 0.1) is 5.92 Å². The number of imidazole rings is 1. The van der Waals surface area contributed by atoms with Gasteiger partial charge in [0.05, 0.1) is 11.8 Å². The van der Waals surface area contributed by atoms with Gasteiger partial charge in [-0.1, -0.05) is 6.92 Å². The Balaban J connectivity index is 1.96. The molecule has 0 radical (unpaired) electrons. The number of nitrogens with one attached hydrogen (secondary N) is 2. The number of hydrogen-bond donors (Lipinski definition) is 2. The average molecular weight is 255 g/mol. The molecule has 5 nitrogen and oxygen atoms in total. The van der Waals surface area contributed by atoms with E-state index >= 15 is 0 Å². The lowest BCUT2D eigenvalue weighted by Gasteiger charge is -2.31. The van der Waals surface area contributed by atoms with Crippen molar-refractivity contribution in [2.45, 2.75) is 19.4 Å². The van der Waals surface area contributed by atoms with E-state index in [2.05, 4.69) is 44.0 Å². The molecule has 0 spiro atoms. The molecule has 4 heterocycles. The van der Waals surface area contributed by atoms with E-state index < -0.39 is 0 Å². The van der Waals surface area contributed by atoms with Crippen LogP contribution < -0.4 is 5.32 Å². The molecular formula is C14H17N5. The second kappa shape index (κ2) is 4.06. The first-order valence-electron chi connectivity index (χ1n) is 6.84. The van der Waals surface area contributed by atoms with Gasteiger partial charge in [0.2, 0.25) is 0 Å². The topological polar surface area (TPSA) is 58.5 Å². The Bertz CT molecular complexity index is 726. The fraction of sp³-hybridized carbons (Fsp3) is 0.429. The van der Waals surface area contributed by atoms with Gasteiger partial charge in [-0.15, -0.1) is 0 Å². The Kier molecular flexibility index (Phi) is 2.35. The van der Waals surface area contributed by atoms with E-state index in [0.29, 0.717) is 12.0 Å². The third-order valence-corrected chi connectivity index (χ3v) is 4.27. The number of fused-ring (bicyclic) bond motifs is 3. The van der Waals surface area contributed by atoms with Crippen LogP contribution in [0.2, 0.25) is 0 Å². The first-order chi connectivity index (χ1) is 9.34. The predicted octanol–water partition coefficient (Wildman–Crippen LogP) is 2.08. The highest BCUT2D eigenvalue weighted by Crippen LogP contribution is 2.30. The first kappa shape index (κ1) is 11.0. The smallest absolute Gasteiger partial charge is 0.179 e. The summed E-state index contributed by atoms with van der Waals surface area (Å²) in [5.41, 5.74) is 3.06. The Labute approximate surface area is 111 Å². The van der Waals surface area contributed by atoms with Gasteiger partial charge in [-0.25, -0.2) is 9.97 Å². The molecule has 2 N–H and O–H groups in total. The lowest BCUT2D eigenvalue weighted by molar-refractivity contribution is 0.280. The molecule has 4 rings (SSSR count). The zero-order valence-corrected chi connectivity index (χ0v) is 10.9. The molecule has 1 fully saturated rings. The van der Waals surface area contributed by atoms with Gasteiger partial charge in [0.1, 0.15) is 5.52 Å². The standard InChI is InChI=1S/C14H17N5/c1-9-2-4-15-7-11(9)19-5-3-10-6-16-14-12(13(10)19)17-8-18-14/h3,5-6,8-9,11,15H,2,4,7H2,1H3,(H,16,17,18). The van der Waals surface area contributed by atoms with Gasteiger partial charge in [-0.3, -0.25) is 0 Å². The van der Waals surface area contributed by atoms with Gasteiger partial charge in [-0.05, 0) is 24.9 Å². The number of aromatic nitrogens is 4. The maximum Gasteiger partial charge on any atom is 0.179 e. The number of nitrogens with zero attached hydrogens (tertiary/aromatic N) is 3. The summed E-state index contributed by atoms with van der Waals surface area (Å²) < 4.78 is 2.38. The van der Waals surface area contributed by atoms with E-state index in [9.17, 15) is 0 Å². The maximum atomic E-state index is 4.38. The van der Waals surface area contributed by atoms with Crippen LogP contribution in [0.4, 0.5) is 0 Å². The fourth-order valence-electron chi connectivity index (χ4n) is 3.15. The molecule has 1 aliphatic heterocycles. The van der Waals surface area contributed by atoms with Crippen molar-refractivity contribution >= 4 is 22.1 Å². The molecule has 5 heteroatoms. The molecule has 0 aliphatic carbocycles. The molecule has 0 amide bonds. The highest BCUT2D eigenvalue weighted by molar-refractivity contribution is 6.00. The molecule has 19 heavy (non-hydrogen) atoms. The summed E-state index contributed by atoms with van der Waals surface area (Å²) in [5.74, 6) is 0.683. The summed E-state index contributed by atoms with van der Waals surface area (Å²) in [6.07, 6.45) is 7.04. The summed E-state index contributed by atoms with van der Waals surface area (Å²) in [6, 6.07) is 2.64. The average Bonchev–Trinajstić information content (AvgIpc) is 3.04. The molecule has 2 atom stereocenters. The van der Waals surface area contributed by atoms with Crippen molar-refractivity contribution in [1.82, 2.24) is 24.8 Å². The van der Waals surface area contributed by atoms with E-state index in [-0.39, 0.29) is 0 Å². The summed E-state index contributed by atoms with van der Waals surface area (Å²) >= 11 is 0. The van der Waals surface area contributed by atoms with Gasteiger partial charge < -0.3 is 14.9 Å². The largest absolute Gasteiger partial charge is 0.341 e. The normalized spacial score (nSPS) is 24.3. The molecule has 0 saturated carbocycles. The number of rotatable bonds is 1. The Morgan fingerprint density at radius 1 is 1.37 bits per heavy atom. The van der Waals surface area contributed by atoms with Crippen LogP contribution >= 0.6 is 0 Å². The minimum absolute atomic E-state index is 0.500.